The van der Waals surface area contributed by atoms with Gasteiger partial charge in [0.25, 0.3) is 0 Å². The van der Waals surface area contributed by atoms with Gasteiger partial charge in [-0.2, -0.15) is 0 Å². The molecule has 1 aromatic rings. The highest BCUT2D eigenvalue weighted by Gasteiger charge is 2.23. The van der Waals surface area contributed by atoms with Crippen LogP contribution in [0, 0.1) is 5.92 Å². The highest BCUT2D eigenvalue weighted by Crippen LogP contribution is 2.30. The molecule has 2 aliphatic rings. The van der Waals surface area contributed by atoms with E-state index in [1.807, 2.05) is 6.07 Å². The lowest BCUT2D eigenvalue weighted by molar-refractivity contribution is 0.343. The number of nitrogens with one attached hydrogen (secondary N) is 2. The number of aliphatic imine (C=N–C) groups is 1. The minimum absolute atomic E-state index is 0.447. The maximum atomic E-state index is 5.43. The number of ether oxygens (including phenoxy) is 2. The highest BCUT2D eigenvalue weighted by molar-refractivity contribution is 5.80. The molecule has 0 amide bonds. The Morgan fingerprint density at radius 3 is 2.30 bits per heavy atom. The molecule has 0 spiro atoms. The summed E-state index contributed by atoms with van der Waals surface area (Å²) in [4.78, 5) is 9.83. The zero-order valence-corrected chi connectivity index (χ0v) is 19.1. The summed E-state index contributed by atoms with van der Waals surface area (Å²) in [5, 5.41) is 7.10. The van der Waals surface area contributed by atoms with Gasteiger partial charge < -0.3 is 29.9 Å². The number of hydrogen-bond donors (Lipinski definition) is 2. The molecular formula is C23H39N5O2. The Balaban J connectivity index is 1.52. The van der Waals surface area contributed by atoms with Crippen LogP contribution in [0.15, 0.2) is 23.2 Å². The van der Waals surface area contributed by atoms with E-state index in [4.69, 9.17) is 14.5 Å². The Bertz CT molecular complexity index is 666. The van der Waals surface area contributed by atoms with Crippen molar-refractivity contribution in [3.63, 3.8) is 0 Å². The fraction of sp³-hybridized carbons (Fsp3) is 0.696. The molecule has 2 aliphatic heterocycles. The van der Waals surface area contributed by atoms with Crippen LogP contribution in [0.4, 0.5) is 5.69 Å². The molecular weight excluding hydrogens is 378 g/mol. The van der Waals surface area contributed by atoms with Gasteiger partial charge >= 0.3 is 0 Å². The van der Waals surface area contributed by atoms with Crippen LogP contribution >= 0.6 is 0 Å². The van der Waals surface area contributed by atoms with Crippen LogP contribution in [-0.4, -0.2) is 76.9 Å². The molecule has 2 heterocycles. The van der Waals surface area contributed by atoms with Crippen LogP contribution in [0.5, 0.6) is 11.5 Å². The predicted octanol–water partition coefficient (Wildman–Crippen LogP) is 2.57. The molecule has 0 aliphatic carbocycles. The van der Waals surface area contributed by atoms with E-state index >= 15 is 0 Å². The first-order valence-corrected chi connectivity index (χ1v) is 11.4. The second kappa shape index (κ2) is 11.3. The maximum absolute atomic E-state index is 5.43. The van der Waals surface area contributed by atoms with Crippen LogP contribution in [0.2, 0.25) is 0 Å². The third-order valence-corrected chi connectivity index (χ3v) is 6.21. The van der Waals surface area contributed by atoms with Gasteiger partial charge in [-0.3, -0.25) is 4.99 Å². The fourth-order valence-corrected chi connectivity index (χ4v) is 4.34. The normalized spacial score (nSPS) is 21.0. The van der Waals surface area contributed by atoms with Crippen molar-refractivity contribution in [3.8, 4) is 11.5 Å². The van der Waals surface area contributed by atoms with Crippen molar-refractivity contribution in [2.45, 2.75) is 39.2 Å². The van der Waals surface area contributed by atoms with Crippen molar-refractivity contribution in [3.05, 3.63) is 18.2 Å². The molecule has 7 heteroatoms. The first-order chi connectivity index (χ1) is 14.6. The molecule has 1 aromatic carbocycles. The van der Waals surface area contributed by atoms with Crippen LogP contribution in [0.25, 0.3) is 0 Å². The molecule has 30 heavy (non-hydrogen) atoms. The van der Waals surface area contributed by atoms with Crippen molar-refractivity contribution in [2.24, 2.45) is 10.9 Å². The number of benzene rings is 1. The van der Waals surface area contributed by atoms with Crippen LogP contribution in [0.1, 0.15) is 33.1 Å². The molecule has 2 saturated heterocycles. The van der Waals surface area contributed by atoms with Gasteiger partial charge in [0.15, 0.2) is 5.96 Å². The van der Waals surface area contributed by atoms with Crippen LogP contribution < -0.4 is 25.0 Å². The number of piperidine rings is 1. The van der Waals surface area contributed by atoms with Crippen LogP contribution in [-0.2, 0) is 0 Å². The van der Waals surface area contributed by atoms with Gasteiger partial charge in [0.2, 0.25) is 0 Å². The Morgan fingerprint density at radius 1 is 1.03 bits per heavy atom. The van der Waals surface area contributed by atoms with Crippen LogP contribution in [0.3, 0.4) is 0 Å². The van der Waals surface area contributed by atoms with E-state index in [9.17, 15) is 0 Å². The third-order valence-electron chi connectivity index (χ3n) is 6.21. The van der Waals surface area contributed by atoms with Crippen molar-refractivity contribution in [1.29, 1.82) is 0 Å². The van der Waals surface area contributed by atoms with Gasteiger partial charge in [-0.1, -0.05) is 6.92 Å². The van der Waals surface area contributed by atoms with Crippen molar-refractivity contribution < 1.29 is 9.47 Å². The van der Waals surface area contributed by atoms with Gasteiger partial charge in [-0.15, -0.1) is 0 Å². The van der Waals surface area contributed by atoms with Gasteiger partial charge in [-0.05, 0) is 45.2 Å². The Hall–Kier alpha value is -2.15. The lowest BCUT2D eigenvalue weighted by Crippen LogP contribution is -2.49. The van der Waals surface area contributed by atoms with Gasteiger partial charge in [0.1, 0.15) is 11.5 Å². The van der Waals surface area contributed by atoms with E-state index in [-0.39, 0.29) is 0 Å². The van der Waals surface area contributed by atoms with E-state index < -0.39 is 0 Å². The van der Waals surface area contributed by atoms with Gasteiger partial charge in [0, 0.05) is 62.7 Å². The largest absolute Gasteiger partial charge is 0.497 e. The molecule has 2 fully saturated rings. The summed E-state index contributed by atoms with van der Waals surface area (Å²) in [7, 11) is 3.39. The highest BCUT2D eigenvalue weighted by atomic mass is 16.5. The first-order valence-electron chi connectivity index (χ1n) is 11.4. The SMILES string of the molecule is CCNC(=NCC1CCN(CC)C1)NC1CCN(c2cc(OC)cc(OC)c2)CC1. The minimum atomic E-state index is 0.447. The Labute approximate surface area is 181 Å². The summed E-state index contributed by atoms with van der Waals surface area (Å²) in [5.41, 5.74) is 1.16. The number of likely N-dealkylation sites (tertiary alicyclic amines) is 1. The van der Waals surface area contributed by atoms with E-state index in [1.165, 1.54) is 19.5 Å². The van der Waals surface area contributed by atoms with E-state index in [0.717, 1.165) is 68.7 Å². The van der Waals surface area contributed by atoms with E-state index in [1.54, 1.807) is 14.2 Å². The third kappa shape index (κ3) is 6.17. The molecule has 0 aromatic heterocycles. The number of rotatable bonds is 8. The molecule has 0 saturated carbocycles. The number of methoxy groups -OCH3 is 2. The van der Waals surface area contributed by atoms with E-state index in [0.29, 0.717) is 12.0 Å². The number of anilines is 1. The maximum Gasteiger partial charge on any atom is 0.191 e. The standard InChI is InChI=1S/C23H39N5O2/c1-5-24-23(25-16-18-7-10-27(6-2)17-18)26-19-8-11-28(12-9-19)20-13-21(29-3)15-22(14-20)30-4/h13-15,18-19H,5-12,16-17H2,1-4H3,(H2,24,25,26). The Kier molecular flexibility index (Phi) is 8.49. The number of hydrogen-bond acceptors (Lipinski definition) is 5. The second-order valence-corrected chi connectivity index (χ2v) is 8.24. The molecule has 168 valence electrons. The average Bonchev–Trinajstić information content (AvgIpc) is 3.26. The Morgan fingerprint density at radius 2 is 1.73 bits per heavy atom. The van der Waals surface area contributed by atoms with Gasteiger partial charge in [-0.25, -0.2) is 0 Å². The molecule has 2 N–H and O–H groups in total. The van der Waals surface area contributed by atoms with Crippen molar-refractivity contribution in [2.75, 3.05) is 64.9 Å². The summed E-state index contributed by atoms with van der Waals surface area (Å²) in [6, 6.07) is 6.54. The summed E-state index contributed by atoms with van der Waals surface area (Å²) < 4.78 is 10.9. The lowest BCUT2D eigenvalue weighted by atomic mass is 10.0. The quantitative estimate of drug-likeness (QED) is 0.501. The first kappa shape index (κ1) is 22.5. The predicted molar refractivity (Wildman–Crippen MR) is 124 cm³/mol. The minimum Gasteiger partial charge on any atom is -0.497 e. The second-order valence-electron chi connectivity index (χ2n) is 8.24. The fourth-order valence-electron chi connectivity index (χ4n) is 4.34. The molecule has 1 unspecified atom stereocenters. The number of guanidine groups is 1. The van der Waals surface area contributed by atoms with Gasteiger partial charge in [0.05, 0.1) is 14.2 Å². The monoisotopic (exact) mass is 417 g/mol. The van der Waals surface area contributed by atoms with E-state index in [2.05, 4.69) is 46.4 Å². The summed E-state index contributed by atoms with van der Waals surface area (Å²) in [5.74, 6) is 3.32. The summed E-state index contributed by atoms with van der Waals surface area (Å²) in [6.07, 6.45) is 3.42. The molecule has 0 radical (unpaired) electrons. The average molecular weight is 418 g/mol. The molecule has 1 atom stereocenters. The smallest absolute Gasteiger partial charge is 0.191 e. The molecule has 3 rings (SSSR count). The van der Waals surface area contributed by atoms with Crippen molar-refractivity contribution >= 4 is 11.6 Å². The zero-order valence-electron chi connectivity index (χ0n) is 19.1. The summed E-state index contributed by atoms with van der Waals surface area (Å²) in [6.45, 7) is 11.7. The topological polar surface area (TPSA) is 61.4 Å². The summed E-state index contributed by atoms with van der Waals surface area (Å²) >= 11 is 0. The zero-order chi connectivity index (χ0) is 21.3. The lowest BCUT2D eigenvalue weighted by Gasteiger charge is -2.35. The molecule has 0 bridgehead atoms. The van der Waals surface area contributed by atoms with Crippen molar-refractivity contribution in [1.82, 2.24) is 15.5 Å². The number of nitrogens with zero attached hydrogens (tertiary/aromatic N) is 3. The molecule has 7 nitrogen and oxygen atoms in total.